The fraction of sp³-hybridized carbons (Fsp3) is 0.643. The number of fused-ring (bicyclic) bond motifs is 1. The van der Waals surface area contributed by atoms with Crippen molar-refractivity contribution in [3.05, 3.63) is 18.1 Å². The third kappa shape index (κ3) is 2.89. The molecule has 6 heteroatoms. The highest BCUT2D eigenvalue weighted by molar-refractivity contribution is 5.46. The Kier molecular flexibility index (Phi) is 4.09. The molecule has 2 aliphatic heterocycles. The number of rotatable bonds is 3. The molecular weight excluding hydrogens is 254 g/mol. The van der Waals surface area contributed by atoms with Gasteiger partial charge in [0.2, 0.25) is 0 Å². The number of hydrogen-bond donors (Lipinski definition) is 1. The van der Waals surface area contributed by atoms with Gasteiger partial charge in [-0.3, -0.25) is 4.90 Å². The molecule has 0 saturated carbocycles. The summed E-state index contributed by atoms with van der Waals surface area (Å²) < 4.78 is 5.91. The summed E-state index contributed by atoms with van der Waals surface area (Å²) in [5.74, 6) is 0.541. The number of aromatic nitrogens is 2. The van der Waals surface area contributed by atoms with Gasteiger partial charge in [0.1, 0.15) is 6.07 Å². The van der Waals surface area contributed by atoms with Crippen molar-refractivity contribution < 1.29 is 4.74 Å². The van der Waals surface area contributed by atoms with E-state index in [-0.39, 0.29) is 6.10 Å². The topological polar surface area (TPSA) is 74.1 Å². The van der Waals surface area contributed by atoms with Crippen molar-refractivity contribution in [3.8, 4) is 6.07 Å². The van der Waals surface area contributed by atoms with Gasteiger partial charge in [-0.1, -0.05) is 6.42 Å². The van der Waals surface area contributed by atoms with Gasteiger partial charge in [0.05, 0.1) is 12.7 Å². The van der Waals surface area contributed by atoms with Crippen molar-refractivity contribution in [1.29, 1.82) is 5.26 Å². The molecule has 2 aliphatic rings. The van der Waals surface area contributed by atoms with Gasteiger partial charge in [-0.05, 0) is 19.4 Å². The molecule has 6 nitrogen and oxygen atoms in total. The van der Waals surface area contributed by atoms with Crippen LogP contribution in [0.2, 0.25) is 0 Å². The average Bonchev–Trinajstić information content (AvgIpc) is 2.53. The van der Waals surface area contributed by atoms with E-state index in [9.17, 15) is 0 Å². The lowest BCUT2D eigenvalue weighted by atomic mass is 10.0. The van der Waals surface area contributed by atoms with Crippen molar-refractivity contribution in [2.75, 3.05) is 31.6 Å². The predicted octanol–water partition coefficient (Wildman–Crippen LogP) is 1.01. The second kappa shape index (κ2) is 6.16. The van der Waals surface area contributed by atoms with Crippen LogP contribution in [0.15, 0.2) is 12.4 Å². The van der Waals surface area contributed by atoms with E-state index < -0.39 is 0 Å². The lowest BCUT2D eigenvalue weighted by Gasteiger charge is -2.42. The second-order valence-electron chi connectivity index (χ2n) is 5.35. The zero-order chi connectivity index (χ0) is 13.8. The van der Waals surface area contributed by atoms with E-state index in [1.54, 1.807) is 6.20 Å². The fourth-order valence-electron chi connectivity index (χ4n) is 2.93. The lowest BCUT2D eigenvalue weighted by Crippen LogP contribution is -2.53. The molecule has 2 saturated heterocycles. The minimum Gasteiger partial charge on any atom is -0.373 e. The van der Waals surface area contributed by atoms with Crippen LogP contribution in [-0.4, -0.2) is 53.3 Å². The Balaban J connectivity index is 1.55. The minimum absolute atomic E-state index is 0.151. The molecule has 1 aromatic heterocycles. The van der Waals surface area contributed by atoms with Gasteiger partial charge >= 0.3 is 0 Å². The van der Waals surface area contributed by atoms with E-state index in [0.29, 0.717) is 24.1 Å². The summed E-state index contributed by atoms with van der Waals surface area (Å²) >= 11 is 0. The van der Waals surface area contributed by atoms with Crippen LogP contribution in [0.25, 0.3) is 0 Å². The van der Waals surface area contributed by atoms with Gasteiger partial charge in [-0.15, -0.1) is 0 Å². The standard InChI is InChI=1S/C14H19N5O/c15-7-13-14(17-5-4-16-13)18-8-12-9-19-6-2-1-3-11(19)10-20-12/h4-5,11-12H,1-3,6,8-10H2,(H,17,18). The summed E-state index contributed by atoms with van der Waals surface area (Å²) in [7, 11) is 0. The maximum absolute atomic E-state index is 8.98. The minimum atomic E-state index is 0.151. The van der Waals surface area contributed by atoms with Crippen LogP contribution in [0.4, 0.5) is 5.82 Å². The van der Waals surface area contributed by atoms with Gasteiger partial charge < -0.3 is 10.1 Å². The monoisotopic (exact) mass is 273 g/mol. The van der Waals surface area contributed by atoms with Crippen molar-refractivity contribution >= 4 is 5.82 Å². The Hall–Kier alpha value is -1.71. The Labute approximate surface area is 118 Å². The predicted molar refractivity (Wildman–Crippen MR) is 74.2 cm³/mol. The summed E-state index contributed by atoms with van der Waals surface area (Å²) in [6.45, 7) is 3.62. The molecule has 1 aromatic rings. The number of hydrogen-bond acceptors (Lipinski definition) is 6. The molecule has 3 rings (SSSR count). The normalized spacial score (nSPS) is 26.6. The van der Waals surface area contributed by atoms with Crippen molar-refractivity contribution in [3.63, 3.8) is 0 Å². The van der Waals surface area contributed by atoms with E-state index in [2.05, 4.69) is 20.2 Å². The molecule has 0 aromatic carbocycles. The molecule has 0 bridgehead atoms. The first-order valence-corrected chi connectivity index (χ1v) is 7.17. The van der Waals surface area contributed by atoms with Crippen molar-refractivity contribution in [2.45, 2.75) is 31.4 Å². The summed E-state index contributed by atoms with van der Waals surface area (Å²) in [5, 5.41) is 12.2. The Morgan fingerprint density at radius 2 is 2.30 bits per heavy atom. The number of nitrogens with one attached hydrogen (secondary N) is 1. The highest BCUT2D eigenvalue weighted by Gasteiger charge is 2.30. The van der Waals surface area contributed by atoms with Crippen LogP contribution >= 0.6 is 0 Å². The van der Waals surface area contributed by atoms with Crippen LogP contribution < -0.4 is 5.32 Å². The maximum atomic E-state index is 8.98. The maximum Gasteiger partial charge on any atom is 0.182 e. The number of ether oxygens (including phenoxy) is 1. The smallest absolute Gasteiger partial charge is 0.182 e. The Morgan fingerprint density at radius 3 is 3.20 bits per heavy atom. The molecule has 0 amide bonds. The summed E-state index contributed by atoms with van der Waals surface area (Å²) in [6.07, 6.45) is 7.13. The van der Waals surface area contributed by atoms with Gasteiger partial charge in [0.15, 0.2) is 11.5 Å². The molecule has 0 radical (unpaired) electrons. The number of anilines is 1. The fourth-order valence-corrected chi connectivity index (χ4v) is 2.93. The lowest BCUT2D eigenvalue weighted by molar-refractivity contribution is -0.0689. The van der Waals surface area contributed by atoms with E-state index in [4.69, 9.17) is 10.00 Å². The molecule has 106 valence electrons. The first kappa shape index (κ1) is 13.3. The van der Waals surface area contributed by atoms with Gasteiger partial charge in [0, 0.05) is 31.5 Å². The zero-order valence-corrected chi connectivity index (χ0v) is 11.5. The molecule has 2 fully saturated rings. The zero-order valence-electron chi connectivity index (χ0n) is 11.5. The largest absolute Gasteiger partial charge is 0.373 e. The van der Waals surface area contributed by atoms with Crippen molar-refractivity contribution in [1.82, 2.24) is 14.9 Å². The molecular formula is C14H19N5O. The van der Waals surface area contributed by atoms with Crippen molar-refractivity contribution in [2.24, 2.45) is 0 Å². The van der Waals surface area contributed by atoms with Crippen LogP contribution in [0.1, 0.15) is 25.0 Å². The van der Waals surface area contributed by atoms with E-state index in [1.807, 2.05) is 6.07 Å². The average molecular weight is 273 g/mol. The first-order chi connectivity index (χ1) is 9.86. The highest BCUT2D eigenvalue weighted by atomic mass is 16.5. The second-order valence-corrected chi connectivity index (χ2v) is 5.35. The van der Waals surface area contributed by atoms with Gasteiger partial charge in [-0.25, -0.2) is 9.97 Å². The molecule has 20 heavy (non-hydrogen) atoms. The third-order valence-corrected chi connectivity index (χ3v) is 4.01. The quantitative estimate of drug-likeness (QED) is 0.886. The number of nitriles is 1. The molecule has 3 heterocycles. The van der Waals surface area contributed by atoms with Crippen LogP contribution in [0.3, 0.4) is 0 Å². The van der Waals surface area contributed by atoms with E-state index in [0.717, 1.165) is 13.2 Å². The van der Waals surface area contributed by atoms with E-state index in [1.165, 1.54) is 32.0 Å². The molecule has 0 spiro atoms. The Morgan fingerprint density at radius 1 is 1.40 bits per heavy atom. The van der Waals surface area contributed by atoms with E-state index >= 15 is 0 Å². The van der Waals surface area contributed by atoms with Gasteiger partial charge in [0.25, 0.3) is 0 Å². The molecule has 0 aliphatic carbocycles. The molecule has 1 N–H and O–H groups in total. The number of morpholine rings is 1. The van der Waals surface area contributed by atoms with Crippen LogP contribution in [0.5, 0.6) is 0 Å². The van der Waals surface area contributed by atoms with Crippen LogP contribution in [-0.2, 0) is 4.74 Å². The SMILES string of the molecule is N#Cc1nccnc1NCC1CN2CCCCC2CO1. The summed E-state index contributed by atoms with van der Waals surface area (Å²) in [4.78, 5) is 10.7. The summed E-state index contributed by atoms with van der Waals surface area (Å²) in [6, 6.07) is 2.64. The molecule has 2 unspecified atom stereocenters. The Bertz CT molecular complexity index is 501. The number of piperidine rings is 1. The summed E-state index contributed by atoms with van der Waals surface area (Å²) in [5.41, 5.74) is 0.333. The van der Waals surface area contributed by atoms with Gasteiger partial charge in [-0.2, -0.15) is 5.26 Å². The number of nitrogens with zero attached hydrogens (tertiary/aromatic N) is 4. The first-order valence-electron chi connectivity index (χ1n) is 7.17. The molecule has 2 atom stereocenters. The highest BCUT2D eigenvalue weighted by Crippen LogP contribution is 2.22. The third-order valence-electron chi connectivity index (χ3n) is 4.01. The van der Waals surface area contributed by atoms with Crippen LogP contribution in [0, 0.1) is 11.3 Å².